The van der Waals surface area contributed by atoms with Crippen molar-refractivity contribution in [2.45, 2.75) is 13.8 Å². The van der Waals surface area contributed by atoms with E-state index < -0.39 is 0 Å². The van der Waals surface area contributed by atoms with E-state index in [1.165, 1.54) is 12.5 Å². The van der Waals surface area contributed by atoms with Gasteiger partial charge in [0.2, 0.25) is 5.91 Å². The Balaban J connectivity index is 1.93. The van der Waals surface area contributed by atoms with Gasteiger partial charge in [-0.25, -0.2) is 0 Å². The summed E-state index contributed by atoms with van der Waals surface area (Å²) in [6, 6.07) is 15.3. The van der Waals surface area contributed by atoms with Gasteiger partial charge in [0.05, 0.1) is 0 Å². The van der Waals surface area contributed by atoms with E-state index in [0.717, 1.165) is 17.1 Å². The van der Waals surface area contributed by atoms with Gasteiger partial charge in [-0.3, -0.25) is 4.79 Å². The summed E-state index contributed by atoms with van der Waals surface area (Å²) in [5.74, 6) is -0.0905. The SMILES string of the molecule is CC(=O)Nc1ccc(NC(=S)Nc2ccc(C)cc2)cc1. The summed E-state index contributed by atoms with van der Waals surface area (Å²) in [6.45, 7) is 3.52. The summed E-state index contributed by atoms with van der Waals surface area (Å²) in [5.41, 5.74) is 3.75. The normalized spacial score (nSPS) is 9.81. The van der Waals surface area contributed by atoms with E-state index in [0.29, 0.717) is 5.11 Å². The molecule has 2 rings (SSSR count). The molecule has 0 unspecified atom stereocenters. The van der Waals surface area contributed by atoms with Crippen molar-refractivity contribution in [2.75, 3.05) is 16.0 Å². The van der Waals surface area contributed by atoms with Crippen molar-refractivity contribution < 1.29 is 4.79 Å². The molecule has 0 bridgehead atoms. The second-order valence-corrected chi connectivity index (χ2v) is 5.11. The molecule has 2 aromatic rings. The summed E-state index contributed by atoms with van der Waals surface area (Å²) in [7, 11) is 0. The molecule has 0 saturated carbocycles. The number of carbonyl (C=O) groups is 1. The second-order valence-electron chi connectivity index (χ2n) is 4.70. The van der Waals surface area contributed by atoms with Gasteiger partial charge >= 0.3 is 0 Å². The molecule has 0 fully saturated rings. The average molecular weight is 299 g/mol. The van der Waals surface area contributed by atoms with Crippen LogP contribution < -0.4 is 16.0 Å². The van der Waals surface area contributed by atoms with E-state index in [-0.39, 0.29) is 5.91 Å². The molecule has 21 heavy (non-hydrogen) atoms. The minimum absolute atomic E-state index is 0.0905. The number of carbonyl (C=O) groups excluding carboxylic acids is 1. The molecule has 3 N–H and O–H groups in total. The Kier molecular flexibility index (Phi) is 4.90. The van der Waals surface area contributed by atoms with Crippen LogP contribution in [0.5, 0.6) is 0 Å². The molecule has 0 radical (unpaired) electrons. The van der Waals surface area contributed by atoms with Crippen LogP contribution in [0.3, 0.4) is 0 Å². The maximum Gasteiger partial charge on any atom is 0.221 e. The molecular weight excluding hydrogens is 282 g/mol. The number of hydrogen-bond donors (Lipinski definition) is 3. The third-order valence-corrected chi connectivity index (χ3v) is 2.98. The minimum atomic E-state index is -0.0905. The molecule has 0 aliphatic heterocycles. The molecule has 0 spiro atoms. The van der Waals surface area contributed by atoms with Crippen LogP contribution in [0.1, 0.15) is 12.5 Å². The number of hydrogen-bond acceptors (Lipinski definition) is 2. The highest BCUT2D eigenvalue weighted by atomic mass is 32.1. The lowest BCUT2D eigenvalue weighted by atomic mass is 10.2. The Morgan fingerprint density at radius 1 is 0.810 bits per heavy atom. The van der Waals surface area contributed by atoms with Crippen molar-refractivity contribution in [3.8, 4) is 0 Å². The molecule has 0 aliphatic rings. The van der Waals surface area contributed by atoms with E-state index in [9.17, 15) is 4.79 Å². The summed E-state index contributed by atoms with van der Waals surface area (Å²) in [6.07, 6.45) is 0. The van der Waals surface area contributed by atoms with Gasteiger partial charge in [0.25, 0.3) is 0 Å². The van der Waals surface area contributed by atoms with Crippen molar-refractivity contribution in [3.05, 3.63) is 54.1 Å². The zero-order valence-electron chi connectivity index (χ0n) is 11.9. The zero-order chi connectivity index (χ0) is 15.2. The number of anilines is 3. The van der Waals surface area contributed by atoms with Gasteiger partial charge in [-0.1, -0.05) is 17.7 Å². The van der Waals surface area contributed by atoms with Crippen molar-refractivity contribution in [3.63, 3.8) is 0 Å². The summed E-state index contributed by atoms with van der Waals surface area (Å²) < 4.78 is 0. The average Bonchev–Trinajstić information content (AvgIpc) is 2.43. The fraction of sp³-hybridized carbons (Fsp3) is 0.125. The first-order chi connectivity index (χ1) is 10.0. The van der Waals surface area contributed by atoms with Crippen molar-refractivity contribution in [1.82, 2.24) is 0 Å². The molecule has 1 amide bonds. The van der Waals surface area contributed by atoms with Crippen LogP contribution >= 0.6 is 12.2 Å². The van der Waals surface area contributed by atoms with Gasteiger partial charge in [-0.05, 0) is 55.5 Å². The van der Waals surface area contributed by atoms with Gasteiger partial charge in [0, 0.05) is 24.0 Å². The first-order valence-corrected chi connectivity index (χ1v) is 6.96. The molecule has 0 saturated heterocycles. The van der Waals surface area contributed by atoms with Crippen LogP contribution in [0, 0.1) is 6.92 Å². The predicted molar refractivity (Wildman–Crippen MR) is 91.8 cm³/mol. The highest BCUT2D eigenvalue weighted by molar-refractivity contribution is 7.80. The molecule has 2 aromatic carbocycles. The molecule has 0 atom stereocenters. The number of aryl methyl sites for hydroxylation is 1. The Morgan fingerprint density at radius 2 is 1.19 bits per heavy atom. The fourth-order valence-electron chi connectivity index (χ4n) is 1.77. The number of nitrogens with one attached hydrogen (secondary N) is 3. The molecule has 108 valence electrons. The third kappa shape index (κ3) is 4.89. The number of amides is 1. The van der Waals surface area contributed by atoms with Crippen molar-refractivity contribution in [2.24, 2.45) is 0 Å². The van der Waals surface area contributed by atoms with E-state index in [1.54, 1.807) is 0 Å². The van der Waals surface area contributed by atoms with Crippen LogP contribution in [0.25, 0.3) is 0 Å². The molecular formula is C16H17N3OS. The molecule has 0 heterocycles. The smallest absolute Gasteiger partial charge is 0.221 e. The van der Waals surface area contributed by atoms with Gasteiger partial charge in [-0.15, -0.1) is 0 Å². The van der Waals surface area contributed by atoms with Gasteiger partial charge in [0.15, 0.2) is 5.11 Å². The molecule has 0 aliphatic carbocycles. The quantitative estimate of drug-likeness (QED) is 0.755. The van der Waals surface area contributed by atoms with Crippen molar-refractivity contribution >= 4 is 40.3 Å². The highest BCUT2D eigenvalue weighted by Gasteiger charge is 2.00. The van der Waals surface area contributed by atoms with Crippen LogP contribution in [0.15, 0.2) is 48.5 Å². The maximum absolute atomic E-state index is 10.9. The number of thiocarbonyl (C=S) groups is 1. The van der Waals surface area contributed by atoms with E-state index in [4.69, 9.17) is 12.2 Å². The van der Waals surface area contributed by atoms with E-state index in [1.807, 2.05) is 55.5 Å². The summed E-state index contributed by atoms with van der Waals surface area (Å²) >= 11 is 5.26. The Morgan fingerprint density at radius 3 is 1.62 bits per heavy atom. The Hall–Kier alpha value is -2.40. The predicted octanol–water partition coefficient (Wildman–Crippen LogP) is 3.76. The monoisotopic (exact) mass is 299 g/mol. The lowest BCUT2D eigenvalue weighted by Gasteiger charge is -2.11. The van der Waals surface area contributed by atoms with Crippen LogP contribution in [0.4, 0.5) is 17.1 Å². The molecule has 0 aromatic heterocycles. The Bertz CT molecular complexity index is 636. The summed E-state index contributed by atoms with van der Waals surface area (Å²) in [4.78, 5) is 10.9. The van der Waals surface area contributed by atoms with Crippen molar-refractivity contribution in [1.29, 1.82) is 0 Å². The largest absolute Gasteiger partial charge is 0.332 e. The number of benzene rings is 2. The number of rotatable bonds is 3. The van der Waals surface area contributed by atoms with Gasteiger partial charge < -0.3 is 16.0 Å². The van der Waals surface area contributed by atoms with Gasteiger partial charge in [0.1, 0.15) is 0 Å². The first kappa shape index (κ1) is 15.0. The molecule has 4 nitrogen and oxygen atoms in total. The second kappa shape index (κ2) is 6.85. The maximum atomic E-state index is 10.9. The van der Waals surface area contributed by atoms with Crippen LogP contribution in [-0.4, -0.2) is 11.0 Å². The zero-order valence-corrected chi connectivity index (χ0v) is 12.8. The first-order valence-electron chi connectivity index (χ1n) is 6.55. The lowest BCUT2D eigenvalue weighted by Crippen LogP contribution is -2.19. The van der Waals surface area contributed by atoms with E-state index >= 15 is 0 Å². The standard InChI is InChI=1S/C16H17N3OS/c1-11-3-5-14(6-4-11)18-16(21)19-15-9-7-13(8-10-15)17-12(2)20/h3-10H,1-2H3,(H,17,20)(H2,18,19,21). The van der Waals surface area contributed by atoms with Crippen LogP contribution in [-0.2, 0) is 4.79 Å². The minimum Gasteiger partial charge on any atom is -0.332 e. The molecule has 5 heteroatoms. The summed E-state index contributed by atoms with van der Waals surface area (Å²) in [5, 5.41) is 9.44. The van der Waals surface area contributed by atoms with Crippen LogP contribution in [0.2, 0.25) is 0 Å². The lowest BCUT2D eigenvalue weighted by molar-refractivity contribution is -0.114. The fourth-order valence-corrected chi connectivity index (χ4v) is 2.01. The topological polar surface area (TPSA) is 53.2 Å². The van der Waals surface area contributed by atoms with Gasteiger partial charge in [-0.2, -0.15) is 0 Å². The highest BCUT2D eigenvalue weighted by Crippen LogP contribution is 2.14. The Labute approximate surface area is 129 Å². The van der Waals surface area contributed by atoms with E-state index in [2.05, 4.69) is 16.0 Å². The third-order valence-electron chi connectivity index (χ3n) is 2.77.